The monoisotopic (exact) mass is 246 g/mol. The Hall–Kier alpha value is -1.72. The average molecular weight is 246 g/mol. The van der Waals surface area contributed by atoms with E-state index in [-0.39, 0.29) is 0 Å². The van der Waals surface area contributed by atoms with Crippen molar-refractivity contribution in [2.45, 2.75) is 20.3 Å². The lowest BCUT2D eigenvalue weighted by molar-refractivity contribution is 0.355. The topological polar surface area (TPSA) is 59.7 Å². The highest BCUT2D eigenvalue weighted by atomic mass is 15.4. The van der Waals surface area contributed by atoms with Crippen molar-refractivity contribution in [3.05, 3.63) is 6.33 Å². The van der Waals surface area contributed by atoms with E-state index in [1.165, 1.54) is 6.42 Å². The Morgan fingerprint density at radius 3 is 2.61 bits per heavy atom. The molecule has 0 radical (unpaired) electrons. The largest absolute Gasteiger partial charge is 0.354 e. The molecule has 2 aromatic heterocycles. The molecule has 1 saturated heterocycles. The summed E-state index contributed by atoms with van der Waals surface area (Å²) in [6.45, 7) is 6.65. The molecule has 0 spiro atoms. The second-order valence-electron chi connectivity index (χ2n) is 5.43. The maximum Gasteiger partial charge on any atom is 0.183 e. The Balaban J connectivity index is 2.03. The van der Waals surface area contributed by atoms with Gasteiger partial charge in [-0.1, -0.05) is 19.1 Å². The SMILES string of the molecule is C[C@H]1C[C@H](C)CN(c2ncnc3c2nnn3C)C1. The summed E-state index contributed by atoms with van der Waals surface area (Å²) in [5.74, 6) is 2.30. The number of fused-ring (bicyclic) bond motifs is 1. The molecular weight excluding hydrogens is 228 g/mol. The molecule has 2 aromatic rings. The van der Waals surface area contributed by atoms with Crippen LogP contribution < -0.4 is 4.90 Å². The maximum absolute atomic E-state index is 4.41. The van der Waals surface area contributed by atoms with Crippen LogP contribution in [0.25, 0.3) is 11.2 Å². The summed E-state index contributed by atoms with van der Waals surface area (Å²) < 4.78 is 1.69. The van der Waals surface area contributed by atoms with Crippen LogP contribution in [0, 0.1) is 11.8 Å². The minimum atomic E-state index is 0.690. The quantitative estimate of drug-likeness (QED) is 0.757. The van der Waals surface area contributed by atoms with E-state index in [0.29, 0.717) is 11.8 Å². The molecule has 6 heteroatoms. The van der Waals surface area contributed by atoms with Gasteiger partial charge in [-0.3, -0.25) is 0 Å². The molecule has 0 bridgehead atoms. The van der Waals surface area contributed by atoms with Crippen molar-refractivity contribution in [3.63, 3.8) is 0 Å². The van der Waals surface area contributed by atoms with Gasteiger partial charge >= 0.3 is 0 Å². The fourth-order valence-corrected chi connectivity index (χ4v) is 2.91. The summed E-state index contributed by atoms with van der Waals surface area (Å²) in [6, 6.07) is 0. The predicted octanol–water partition coefficient (Wildman–Crippen LogP) is 1.24. The van der Waals surface area contributed by atoms with Gasteiger partial charge in [0, 0.05) is 20.1 Å². The van der Waals surface area contributed by atoms with Gasteiger partial charge in [-0.05, 0) is 18.3 Å². The summed E-state index contributed by atoms with van der Waals surface area (Å²) >= 11 is 0. The van der Waals surface area contributed by atoms with Crippen LogP contribution in [0.1, 0.15) is 20.3 Å². The molecule has 96 valence electrons. The van der Waals surface area contributed by atoms with Crippen LogP contribution in [0.3, 0.4) is 0 Å². The van der Waals surface area contributed by atoms with Crippen molar-refractivity contribution in [1.29, 1.82) is 0 Å². The van der Waals surface area contributed by atoms with E-state index in [4.69, 9.17) is 0 Å². The molecule has 3 heterocycles. The zero-order chi connectivity index (χ0) is 12.7. The molecule has 6 nitrogen and oxygen atoms in total. The molecule has 1 aliphatic rings. The molecule has 0 amide bonds. The van der Waals surface area contributed by atoms with Crippen molar-refractivity contribution in [1.82, 2.24) is 25.0 Å². The van der Waals surface area contributed by atoms with Crippen LogP contribution in [0.15, 0.2) is 6.33 Å². The first-order chi connectivity index (χ1) is 8.65. The van der Waals surface area contributed by atoms with Gasteiger partial charge in [-0.15, -0.1) is 5.10 Å². The van der Waals surface area contributed by atoms with E-state index >= 15 is 0 Å². The fraction of sp³-hybridized carbons (Fsp3) is 0.667. The van der Waals surface area contributed by atoms with Crippen molar-refractivity contribution in [3.8, 4) is 0 Å². The summed E-state index contributed by atoms with van der Waals surface area (Å²) in [6.07, 6.45) is 2.89. The Morgan fingerprint density at radius 2 is 1.89 bits per heavy atom. The minimum Gasteiger partial charge on any atom is -0.354 e. The molecular formula is C12H18N6. The van der Waals surface area contributed by atoms with Crippen LogP contribution >= 0.6 is 0 Å². The van der Waals surface area contributed by atoms with Gasteiger partial charge in [0.15, 0.2) is 17.0 Å². The van der Waals surface area contributed by atoms with E-state index in [9.17, 15) is 0 Å². The Bertz CT molecular complexity index is 553. The number of hydrogen-bond acceptors (Lipinski definition) is 5. The lowest BCUT2D eigenvalue weighted by Crippen LogP contribution is -2.39. The van der Waals surface area contributed by atoms with E-state index in [1.807, 2.05) is 7.05 Å². The number of nitrogens with zero attached hydrogens (tertiary/aromatic N) is 6. The molecule has 3 rings (SSSR count). The van der Waals surface area contributed by atoms with Gasteiger partial charge < -0.3 is 4.90 Å². The van der Waals surface area contributed by atoms with Crippen LogP contribution in [-0.4, -0.2) is 38.1 Å². The summed E-state index contributed by atoms with van der Waals surface area (Å²) in [7, 11) is 1.85. The van der Waals surface area contributed by atoms with Crippen molar-refractivity contribution in [2.75, 3.05) is 18.0 Å². The van der Waals surface area contributed by atoms with E-state index < -0.39 is 0 Å². The third-order valence-corrected chi connectivity index (χ3v) is 3.54. The molecule has 0 saturated carbocycles. The first kappa shape index (κ1) is 11.4. The molecule has 18 heavy (non-hydrogen) atoms. The van der Waals surface area contributed by atoms with Gasteiger partial charge in [0.1, 0.15) is 6.33 Å². The summed E-state index contributed by atoms with van der Waals surface area (Å²) in [5, 5.41) is 8.22. The highest BCUT2D eigenvalue weighted by molar-refractivity contribution is 5.82. The maximum atomic E-state index is 4.41. The highest BCUT2D eigenvalue weighted by Crippen LogP contribution is 2.27. The number of piperidine rings is 1. The molecule has 1 aliphatic heterocycles. The van der Waals surface area contributed by atoms with Gasteiger partial charge in [0.05, 0.1) is 0 Å². The molecule has 2 atom stereocenters. The number of hydrogen-bond donors (Lipinski definition) is 0. The van der Waals surface area contributed by atoms with Gasteiger partial charge in [-0.25, -0.2) is 14.6 Å². The van der Waals surface area contributed by atoms with Crippen LogP contribution in [0.2, 0.25) is 0 Å². The van der Waals surface area contributed by atoms with Crippen LogP contribution in [-0.2, 0) is 7.05 Å². The fourth-order valence-electron chi connectivity index (χ4n) is 2.91. The number of aryl methyl sites for hydroxylation is 1. The van der Waals surface area contributed by atoms with Gasteiger partial charge in [-0.2, -0.15) is 0 Å². The summed E-state index contributed by atoms with van der Waals surface area (Å²) in [5.41, 5.74) is 1.60. The molecule has 0 N–H and O–H groups in total. The Labute approximate surface area is 106 Å². The second-order valence-corrected chi connectivity index (χ2v) is 5.43. The smallest absolute Gasteiger partial charge is 0.183 e. The predicted molar refractivity (Wildman–Crippen MR) is 69.3 cm³/mol. The zero-order valence-corrected chi connectivity index (χ0v) is 11.0. The van der Waals surface area contributed by atoms with E-state index in [0.717, 1.165) is 30.1 Å². The van der Waals surface area contributed by atoms with Crippen molar-refractivity contribution in [2.24, 2.45) is 18.9 Å². The molecule has 0 unspecified atom stereocenters. The standard InChI is InChI=1S/C12H18N6/c1-8-4-9(2)6-18(5-8)12-10-11(13-7-14-12)17(3)16-15-10/h7-9H,4-6H2,1-3H3/t8-,9-/m0/s1. The first-order valence-corrected chi connectivity index (χ1v) is 6.40. The lowest BCUT2D eigenvalue weighted by atomic mass is 9.92. The van der Waals surface area contributed by atoms with Crippen LogP contribution in [0.4, 0.5) is 5.82 Å². The zero-order valence-electron chi connectivity index (χ0n) is 11.0. The van der Waals surface area contributed by atoms with Crippen LogP contribution in [0.5, 0.6) is 0 Å². The lowest BCUT2D eigenvalue weighted by Gasteiger charge is -2.35. The Morgan fingerprint density at radius 1 is 1.17 bits per heavy atom. The van der Waals surface area contributed by atoms with Crippen molar-refractivity contribution >= 4 is 17.0 Å². The second kappa shape index (κ2) is 4.19. The normalized spacial score (nSPS) is 24.7. The number of aromatic nitrogens is 5. The average Bonchev–Trinajstić information content (AvgIpc) is 2.70. The molecule has 1 fully saturated rings. The van der Waals surface area contributed by atoms with Gasteiger partial charge in [0.2, 0.25) is 0 Å². The third-order valence-electron chi connectivity index (χ3n) is 3.54. The first-order valence-electron chi connectivity index (χ1n) is 6.40. The minimum absolute atomic E-state index is 0.690. The molecule has 0 aromatic carbocycles. The summed E-state index contributed by atoms with van der Waals surface area (Å²) in [4.78, 5) is 11.0. The highest BCUT2D eigenvalue weighted by Gasteiger charge is 2.25. The number of anilines is 1. The Kier molecular flexibility index (Phi) is 2.65. The van der Waals surface area contributed by atoms with E-state index in [1.54, 1.807) is 11.0 Å². The van der Waals surface area contributed by atoms with Crippen molar-refractivity contribution < 1.29 is 0 Å². The number of rotatable bonds is 1. The molecule has 0 aliphatic carbocycles. The van der Waals surface area contributed by atoms with E-state index in [2.05, 4.69) is 39.0 Å². The third kappa shape index (κ3) is 1.81. The van der Waals surface area contributed by atoms with Gasteiger partial charge in [0.25, 0.3) is 0 Å².